The van der Waals surface area contributed by atoms with Gasteiger partial charge in [0.15, 0.2) is 0 Å². The fourth-order valence-electron chi connectivity index (χ4n) is 3.37. The average molecular weight is 349 g/mol. The zero-order valence-electron chi connectivity index (χ0n) is 15.8. The van der Waals surface area contributed by atoms with Crippen LogP contribution in [0.3, 0.4) is 0 Å². The van der Waals surface area contributed by atoms with Crippen LogP contribution in [-0.2, 0) is 16.6 Å². The number of likely N-dealkylation sites (N-methyl/N-ethyl adjacent to an activating group) is 1. The molecule has 0 radical (unpaired) electrons. The van der Waals surface area contributed by atoms with E-state index in [1.54, 1.807) is 4.68 Å². The van der Waals surface area contributed by atoms with Crippen molar-refractivity contribution in [1.29, 1.82) is 0 Å². The summed E-state index contributed by atoms with van der Waals surface area (Å²) in [4.78, 5) is 26.4. The van der Waals surface area contributed by atoms with Gasteiger partial charge in [-0.1, -0.05) is 12.8 Å². The van der Waals surface area contributed by atoms with Crippen LogP contribution >= 0.6 is 0 Å². The third-order valence-electron chi connectivity index (χ3n) is 4.83. The van der Waals surface area contributed by atoms with E-state index in [1.165, 1.54) is 0 Å². The second kappa shape index (κ2) is 8.99. The normalized spacial score (nSPS) is 17.5. The van der Waals surface area contributed by atoms with Crippen molar-refractivity contribution in [2.24, 2.45) is 13.0 Å². The summed E-state index contributed by atoms with van der Waals surface area (Å²) in [6, 6.07) is -0.0784. The van der Waals surface area contributed by atoms with Gasteiger partial charge in [0.2, 0.25) is 11.8 Å². The van der Waals surface area contributed by atoms with Crippen LogP contribution < -0.4 is 10.6 Å². The van der Waals surface area contributed by atoms with Crippen molar-refractivity contribution in [1.82, 2.24) is 25.3 Å². The van der Waals surface area contributed by atoms with Crippen molar-refractivity contribution < 1.29 is 9.59 Å². The minimum Gasteiger partial charge on any atom is -0.354 e. The monoisotopic (exact) mass is 349 g/mol. The molecule has 0 aliphatic heterocycles. The van der Waals surface area contributed by atoms with Crippen LogP contribution in [0.5, 0.6) is 0 Å². The number of amides is 2. The first-order valence-electron chi connectivity index (χ1n) is 9.09. The van der Waals surface area contributed by atoms with Crippen LogP contribution in [0.4, 0.5) is 0 Å². The fourth-order valence-corrected chi connectivity index (χ4v) is 3.37. The van der Waals surface area contributed by atoms with E-state index in [4.69, 9.17) is 0 Å². The first-order chi connectivity index (χ1) is 11.9. The molecular weight excluding hydrogens is 318 g/mol. The molecule has 1 saturated carbocycles. The number of aryl methyl sites for hydroxylation is 1. The highest BCUT2D eigenvalue weighted by Gasteiger charge is 2.24. The molecule has 1 aromatic rings. The van der Waals surface area contributed by atoms with Gasteiger partial charge in [0.1, 0.15) is 0 Å². The summed E-state index contributed by atoms with van der Waals surface area (Å²) in [5, 5.41) is 10.1. The number of nitrogens with zero attached hydrogens (tertiary/aromatic N) is 3. The van der Waals surface area contributed by atoms with Crippen LogP contribution in [0.15, 0.2) is 12.4 Å². The van der Waals surface area contributed by atoms with Crippen molar-refractivity contribution >= 4 is 11.8 Å². The second-order valence-corrected chi connectivity index (χ2v) is 7.33. The van der Waals surface area contributed by atoms with Crippen LogP contribution in [0.25, 0.3) is 0 Å². The Morgan fingerprint density at radius 1 is 1.36 bits per heavy atom. The predicted octanol–water partition coefficient (Wildman–Crippen LogP) is 1.22. The number of rotatable bonds is 8. The Balaban J connectivity index is 1.77. The SMILES string of the molecule is C[C@@H](CC(=O)NC[C@@H](c1cnn(C)c1)N(C)C)NC(=O)C1CCCC1. The molecule has 140 valence electrons. The fraction of sp³-hybridized carbons (Fsp3) is 0.722. The molecule has 0 bridgehead atoms. The number of carbonyl (C=O) groups excluding carboxylic acids is 2. The van der Waals surface area contributed by atoms with E-state index in [2.05, 4.69) is 20.6 Å². The molecule has 0 unspecified atom stereocenters. The summed E-state index contributed by atoms with van der Waals surface area (Å²) in [7, 11) is 5.84. The summed E-state index contributed by atoms with van der Waals surface area (Å²) < 4.78 is 1.76. The quantitative estimate of drug-likeness (QED) is 0.740. The van der Waals surface area contributed by atoms with E-state index in [1.807, 2.05) is 40.5 Å². The summed E-state index contributed by atoms with van der Waals surface area (Å²) in [6.07, 6.45) is 8.29. The first kappa shape index (κ1) is 19.4. The molecule has 7 heteroatoms. The van der Waals surface area contributed by atoms with Crippen LogP contribution in [0.1, 0.15) is 50.6 Å². The lowest BCUT2D eigenvalue weighted by Gasteiger charge is -2.24. The van der Waals surface area contributed by atoms with Crippen molar-refractivity contribution in [3.8, 4) is 0 Å². The molecule has 2 rings (SSSR count). The van der Waals surface area contributed by atoms with Gasteiger partial charge < -0.3 is 15.5 Å². The number of hydrogen-bond donors (Lipinski definition) is 2. The van der Waals surface area contributed by atoms with E-state index in [-0.39, 0.29) is 29.8 Å². The Labute approximate surface area is 150 Å². The Morgan fingerprint density at radius 3 is 2.60 bits per heavy atom. The summed E-state index contributed by atoms with van der Waals surface area (Å²) in [5.41, 5.74) is 1.07. The number of nitrogens with one attached hydrogen (secondary N) is 2. The molecule has 1 aromatic heterocycles. The van der Waals surface area contributed by atoms with Gasteiger partial charge in [-0.15, -0.1) is 0 Å². The highest BCUT2D eigenvalue weighted by molar-refractivity contribution is 5.81. The lowest BCUT2D eigenvalue weighted by Crippen LogP contribution is -2.41. The minimum atomic E-state index is -0.149. The van der Waals surface area contributed by atoms with Crippen LogP contribution in [0, 0.1) is 5.92 Å². The van der Waals surface area contributed by atoms with Crippen LogP contribution in [-0.4, -0.2) is 53.2 Å². The lowest BCUT2D eigenvalue weighted by atomic mass is 10.1. The molecule has 1 aliphatic carbocycles. The summed E-state index contributed by atoms with van der Waals surface area (Å²) in [6.45, 7) is 2.40. The number of hydrogen-bond acceptors (Lipinski definition) is 4. The topological polar surface area (TPSA) is 79.3 Å². The van der Waals surface area contributed by atoms with E-state index < -0.39 is 0 Å². The van der Waals surface area contributed by atoms with Crippen molar-refractivity contribution in [2.45, 2.75) is 51.1 Å². The van der Waals surface area contributed by atoms with Gasteiger partial charge in [-0.25, -0.2) is 0 Å². The van der Waals surface area contributed by atoms with Gasteiger partial charge >= 0.3 is 0 Å². The smallest absolute Gasteiger partial charge is 0.223 e. The van der Waals surface area contributed by atoms with Gasteiger partial charge in [0.05, 0.1) is 12.2 Å². The first-order valence-corrected chi connectivity index (χ1v) is 9.09. The molecule has 0 spiro atoms. The standard InChI is InChI=1S/C18H31N5O2/c1-13(21-18(25)14-7-5-6-8-14)9-17(24)19-11-16(22(2)3)15-10-20-23(4)12-15/h10,12-14,16H,5-9,11H2,1-4H3,(H,19,24)(H,21,25)/t13-,16-/m0/s1. The van der Waals surface area contributed by atoms with E-state index in [9.17, 15) is 9.59 Å². The van der Waals surface area contributed by atoms with E-state index >= 15 is 0 Å². The highest BCUT2D eigenvalue weighted by Crippen LogP contribution is 2.24. The van der Waals surface area contributed by atoms with E-state index in [0.29, 0.717) is 13.0 Å². The average Bonchev–Trinajstić information content (AvgIpc) is 3.18. The Hall–Kier alpha value is -1.89. The van der Waals surface area contributed by atoms with Gasteiger partial charge in [-0.05, 0) is 33.9 Å². The molecule has 1 fully saturated rings. The Morgan fingerprint density at radius 2 is 2.04 bits per heavy atom. The van der Waals surface area contributed by atoms with Crippen molar-refractivity contribution in [3.63, 3.8) is 0 Å². The zero-order chi connectivity index (χ0) is 18.4. The molecule has 1 heterocycles. The summed E-state index contributed by atoms with van der Waals surface area (Å²) in [5.74, 6) is 0.184. The lowest BCUT2D eigenvalue weighted by molar-refractivity contribution is -0.126. The Kier molecular flexibility index (Phi) is 6.99. The molecular formula is C18H31N5O2. The molecule has 25 heavy (non-hydrogen) atoms. The molecule has 2 N–H and O–H groups in total. The van der Waals surface area contributed by atoms with Gasteiger partial charge in [0.25, 0.3) is 0 Å². The number of carbonyl (C=O) groups is 2. The molecule has 1 aliphatic rings. The maximum Gasteiger partial charge on any atom is 0.223 e. The zero-order valence-corrected chi connectivity index (χ0v) is 15.8. The van der Waals surface area contributed by atoms with Crippen LogP contribution in [0.2, 0.25) is 0 Å². The highest BCUT2D eigenvalue weighted by atomic mass is 16.2. The molecule has 2 atom stereocenters. The largest absolute Gasteiger partial charge is 0.354 e. The third kappa shape index (κ3) is 5.85. The molecule has 0 saturated heterocycles. The Bertz CT molecular complexity index is 578. The maximum atomic E-state index is 12.2. The van der Waals surface area contributed by atoms with E-state index in [0.717, 1.165) is 31.2 Å². The minimum absolute atomic E-state index is 0.0463. The van der Waals surface area contributed by atoms with Gasteiger partial charge in [0, 0.05) is 43.7 Å². The van der Waals surface area contributed by atoms with Crippen molar-refractivity contribution in [3.05, 3.63) is 18.0 Å². The molecule has 0 aromatic carbocycles. The summed E-state index contributed by atoms with van der Waals surface area (Å²) >= 11 is 0. The number of aromatic nitrogens is 2. The molecule has 2 amide bonds. The predicted molar refractivity (Wildman–Crippen MR) is 96.8 cm³/mol. The third-order valence-corrected chi connectivity index (χ3v) is 4.83. The second-order valence-electron chi connectivity index (χ2n) is 7.33. The van der Waals surface area contributed by atoms with Gasteiger partial charge in [-0.2, -0.15) is 5.10 Å². The van der Waals surface area contributed by atoms with Crippen molar-refractivity contribution in [2.75, 3.05) is 20.6 Å². The maximum absolute atomic E-state index is 12.2. The molecule has 7 nitrogen and oxygen atoms in total. The van der Waals surface area contributed by atoms with Gasteiger partial charge in [-0.3, -0.25) is 14.3 Å².